The van der Waals surface area contributed by atoms with E-state index in [9.17, 15) is 17.6 Å². The van der Waals surface area contributed by atoms with E-state index in [1.165, 1.54) is 6.33 Å². The Morgan fingerprint density at radius 1 is 0.973 bits per heavy atom. The van der Waals surface area contributed by atoms with Crippen molar-refractivity contribution < 1.29 is 22.3 Å². The molecule has 13 heteroatoms. The maximum absolute atomic E-state index is 14.7. The average Bonchev–Trinajstić information content (AvgIpc) is 3.51. The molecule has 0 atom stereocenters. The monoisotopic (exact) mass is 531 g/mol. The third-order valence-corrected chi connectivity index (χ3v) is 5.80. The SMILES string of the molecule is Fc1c(OC(F)(F)F)ccc(Cl)c1CNc1ncnc2nn(Cc3ccc(Cn4cccn4)cc3)cc12. The van der Waals surface area contributed by atoms with Crippen LogP contribution in [0.4, 0.5) is 23.4 Å². The molecule has 8 nitrogen and oxygen atoms in total. The van der Waals surface area contributed by atoms with Crippen LogP contribution in [0.5, 0.6) is 5.75 Å². The summed E-state index contributed by atoms with van der Waals surface area (Å²) >= 11 is 6.03. The molecule has 3 aromatic heterocycles. The van der Waals surface area contributed by atoms with Crippen molar-refractivity contribution in [2.45, 2.75) is 26.0 Å². The molecule has 0 unspecified atom stereocenters. The van der Waals surface area contributed by atoms with Crippen LogP contribution in [0, 0.1) is 5.82 Å². The number of hydrogen-bond acceptors (Lipinski definition) is 6. The molecule has 0 aliphatic heterocycles. The minimum atomic E-state index is -5.03. The van der Waals surface area contributed by atoms with Crippen LogP contribution < -0.4 is 10.1 Å². The Labute approximate surface area is 212 Å². The summed E-state index contributed by atoms with van der Waals surface area (Å²) in [5.74, 6) is -1.86. The van der Waals surface area contributed by atoms with E-state index in [1.807, 2.05) is 41.2 Å². The smallest absolute Gasteiger partial charge is 0.403 e. The van der Waals surface area contributed by atoms with Crippen molar-refractivity contribution in [3.8, 4) is 5.75 Å². The third kappa shape index (κ3) is 5.80. The molecule has 5 rings (SSSR count). The fourth-order valence-electron chi connectivity index (χ4n) is 3.74. The van der Waals surface area contributed by atoms with Gasteiger partial charge in [-0.1, -0.05) is 35.9 Å². The molecule has 0 radical (unpaired) electrons. The van der Waals surface area contributed by atoms with Crippen molar-refractivity contribution in [1.29, 1.82) is 0 Å². The Morgan fingerprint density at radius 2 is 1.70 bits per heavy atom. The van der Waals surface area contributed by atoms with Gasteiger partial charge in [-0.25, -0.2) is 14.4 Å². The van der Waals surface area contributed by atoms with Gasteiger partial charge in [0, 0.05) is 35.7 Å². The van der Waals surface area contributed by atoms with E-state index >= 15 is 0 Å². The lowest BCUT2D eigenvalue weighted by atomic mass is 10.1. The molecule has 0 bridgehead atoms. The van der Waals surface area contributed by atoms with Crippen molar-refractivity contribution in [3.05, 3.63) is 94.9 Å². The van der Waals surface area contributed by atoms with E-state index < -0.39 is 17.9 Å². The van der Waals surface area contributed by atoms with Gasteiger partial charge in [-0.05, 0) is 29.3 Å². The molecule has 190 valence electrons. The zero-order valence-corrected chi connectivity index (χ0v) is 19.7. The number of alkyl halides is 3. The molecular formula is C24H18ClF4N7O. The lowest BCUT2D eigenvalue weighted by Gasteiger charge is -2.14. The Hall–Kier alpha value is -4.19. The quantitative estimate of drug-likeness (QED) is 0.269. The molecule has 0 spiro atoms. The lowest BCUT2D eigenvalue weighted by molar-refractivity contribution is -0.275. The summed E-state index contributed by atoms with van der Waals surface area (Å²) in [7, 11) is 0. The molecule has 0 saturated heterocycles. The first-order chi connectivity index (χ1) is 17.7. The number of benzene rings is 2. The van der Waals surface area contributed by atoms with E-state index in [4.69, 9.17) is 11.6 Å². The molecule has 0 amide bonds. The van der Waals surface area contributed by atoms with Crippen LogP contribution in [0.25, 0.3) is 11.0 Å². The minimum absolute atomic E-state index is 0.0588. The van der Waals surface area contributed by atoms with E-state index in [2.05, 4.69) is 30.2 Å². The Morgan fingerprint density at radius 3 is 2.38 bits per heavy atom. The normalized spacial score (nSPS) is 11.7. The maximum Gasteiger partial charge on any atom is 0.573 e. The molecule has 0 aliphatic rings. The van der Waals surface area contributed by atoms with Gasteiger partial charge in [0.15, 0.2) is 17.2 Å². The van der Waals surface area contributed by atoms with Crippen molar-refractivity contribution in [2.24, 2.45) is 0 Å². The number of nitrogens with one attached hydrogen (secondary N) is 1. The van der Waals surface area contributed by atoms with E-state index in [-0.39, 0.29) is 17.1 Å². The van der Waals surface area contributed by atoms with Crippen LogP contribution in [0.3, 0.4) is 0 Å². The number of aromatic nitrogens is 6. The highest BCUT2D eigenvalue weighted by molar-refractivity contribution is 6.31. The van der Waals surface area contributed by atoms with Gasteiger partial charge in [0.25, 0.3) is 0 Å². The number of halogens is 5. The van der Waals surface area contributed by atoms with Crippen LogP contribution in [-0.2, 0) is 19.6 Å². The fraction of sp³-hybridized carbons (Fsp3) is 0.167. The molecule has 5 aromatic rings. The minimum Gasteiger partial charge on any atom is -0.403 e. The largest absolute Gasteiger partial charge is 0.573 e. The summed E-state index contributed by atoms with van der Waals surface area (Å²) in [5, 5.41) is 12.1. The van der Waals surface area contributed by atoms with E-state index in [1.54, 1.807) is 17.1 Å². The highest BCUT2D eigenvalue weighted by Crippen LogP contribution is 2.32. The Bertz CT molecular complexity index is 1520. The lowest BCUT2D eigenvalue weighted by Crippen LogP contribution is -2.18. The van der Waals surface area contributed by atoms with Gasteiger partial charge in [-0.2, -0.15) is 10.2 Å². The number of rotatable bonds is 8. The second kappa shape index (κ2) is 10.1. The predicted octanol–water partition coefficient (Wildman–Crippen LogP) is 5.42. The molecule has 0 aliphatic carbocycles. The summed E-state index contributed by atoms with van der Waals surface area (Å²) in [6.45, 7) is 0.892. The summed E-state index contributed by atoms with van der Waals surface area (Å²) < 4.78 is 59.6. The fourth-order valence-corrected chi connectivity index (χ4v) is 3.95. The zero-order chi connectivity index (χ0) is 26.0. The van der Waals surface area contributed by atoms with Crippen molar-refractivity contribution in [3.63, 3.8) is 0 Å². The van der Waals surface area contributed by atoms with Gasteiger partial charge in [0.1, 0.15) is 12.1 Å². The van der Waals surface area contributed by atoms with E-state index in [0.717, 1.165) is 23.3 Å². The van der Waals surface area contributed by atoms with Crippen LogP contribution >= 0.6 is 11.6 Å². The van der Waals surface area contributed by atoms with E-state index in [0.29, 0.717) is 29.9 Å². The molecule has 1 N–H and O–H groups in total. The van der Waals surface area contributed by atoms with Crippen molar-refractivity contribution in [1.82, 2.24) is 29.5 Å². The van der Waals surface area contributed by atoms with Crippen molar-refractivity contribution in [2.75, 3.05) is 5.32 Å². The Balaban J connectivity index is 1.31. The molecular weight excluding hydrogens is 514 g/mol. The highest BCUT2D eigenvalue weighted by Gasteiger charge is 2.33. The molecule has 37 heavy (non-hydrogen) atoms. The standard InChI is InChI=1S/C24H18ClF4N7O/c25-19-6-7-20(37-24(27,28)29)21(26)17(19)10-30-22-18-13-36(34-23(18)32-14-31-22)12-16-4-2-15(3-5-16)11-35-9-1-8-33-35/h1-9,13-14H,10-12H2,(H,30,31,32,34). The first-order valence-corrected chi connectivity index (χ1v) is 11.3. The van der Waals surface area contributed by atoms with Crippen LogP contribution in [0.15, 0.2) is 67.4 Å². The van der Waals surface area contributed by atoms with Crippen molar-refractivity contribution >= 4 is 28.5 Å². The summed E-state index contributed by atoms with van der Waals surface area (Å²) in [5.41, 5.74) is 2.31. The Kier molecular flexibility index (Phi) is 6.66. The summed E-state index contributed by atoms with van der Waals surface area (Å²) in [6, 6.07) is 11.9. The highest BCUT2D eigenvalue weighted by atomic mass is 35.5. The first kappa shape index (κ1) is 24.5. The number of fused-ring (bicyclic) bond motifs is 1. The number of ether oxygens (including phenoxy) is 1. The topological polar surface area (TPSA) is 82.7 Å². The van der Waals surface area contributed by atoms with Crippen LogP contribution in [-0.4, -0.2) is 35.9 Å². The average molecular weight is 532 g/mol. The number of nitrogens with zero attached hydrogens (tertiary/aromatic N) is 6. The molecule has 3 heterocycles. The number of hydrogen-bond donors (Lipinski definition) is 1. The zero-order valence-electron chi connectivity index (χ0n) is 19.0. The van der Waals surface area contributed by atoms with Gasteiger partial charge in [-0.3, -0.25) is 9.36 Å². The molecule has 2 aromatic carbocycles. The van der Waals surface area contributed by atoms with Crippen LogP contribution in [0.2, 0.25) is 5.02 Å². The summed E-state index contributed by atoms with van der Waals surface area (Å²) in [6.07, 6.45) is 1.61. The molecule has 0 fully saturated rings. The van der Waals surface area contributed by atoms with Gasteiger partial charge < -0.3 is 10.1 Å². The van der Waals surface area contributed by atoms with Gasteiger partial charge >= 0.3 is 6.36 Å². The second-order valence-corrected chi connectivity index (χ2v) is 8.45. The van der Waals surface area contributed by atoms with Gasteiger partial charge in [0.2, 0.25) is 0 Å². The summed E-state index contributed by atoms with van der Waals surface area (Å²) in [4.78, 5) is 8.34. The maximum atomic E-state index is 14.7. The second-order valence-electron chi connectivity index (χ2n) is 8.05. The third-order valence-electron chi connectivity index (χ3n) is 5.44. The van der Waals surface area contributed by atoms with Crippen LogP contribution in [0.1, 0.15) is 16.7 Å². The number of anilines is 1. The molecule has 0 saturated carbocycles. The first-order valence-electron chi connectivity index (χ1n) is 10.9. The van der Waals surface area contributed by atoms with Gasteiger partial charge in [0.05, 0.1) is 18.5 Å². The van der Waals surface area contributed by atoms with Gasteiger partial charge in [-0.15, -0.1) is 13.2 Å². The predicted molar refractivity (Wildman–Crippen MR) is 128 cm³/mol.